The molecule has 1 amide bonds. The maximum Gasteiger partial charge on any atom is 0.231 e. The van der Waals surface area contributed by atoms with Crippen LogP contribution in [0.25, 0.3) is 0 Å². The molecule has 0 aromatic heterocycles. The molecule has 106 valence electrons. The topological polar surface area (TPSA) is 46.3 Å². The zero-order valence-corrected chi connectivity index (χ0v) is 13.0. The number of anilines is 1. The third-order valence-corrected chi connectivity index (χ3v) is 3.87. The lowest BCUT2D eigenvalue weighted by molar-refractivity contribution is -0.121. The molecule has 5 heteroatoms. The van der Waals surface area contributed by atoms with Crippen molar-refractivity contribution in [1.29, 1.82) is 0 Å². The molecule has 1 aliphatic heterocycles. The van der Waals surface area contributed by atoms with Crippen molar-refractivity contribution in [2.75, 3.05) is 18.0 Å². The summed E-state index contributed by atoms with van der Waals surface area (Å²) in [5.41, 5.74) is 7.46. The van der Waals surface area contributed by atoms with E-state index in [4.69, 9.17) is 17.3 Å². The number of rotatable bonds is 2. The summed E-state index contributed by atoms with van der Waals surface area (Å²) in [5, 5.41) is 0.730. The molecule has 1 aromatic carbocycles. The Kier molecular flexibility index (Phi) is 4.88. The molecule has 2 rings (SSSR count). The largest absolute Gasteiger partial charge is 0.330 e. The molecule has 0 spiro atoms. The van der Waals surface area contributed by atoms with Crippen molar-refractivity contribution in [1.82, 2.24) is 0 Å². The summed E-state index contributed by atoms with van der Waals surface area (Å²) >= 11 is 6.27. The number of carbonyl (C=O) groups is 1. The van der Waals surface area contributed by atoms with Crippen LogP contribution in [0.1, 0.15) is 26.3 Å². The Morgan fingerprint density at radius 2 is 2.16 bits per heavy atom. The van der Waals surface area contributed by atoms with Crippen LogP contribution in [-0.4, -0.2) is 19.0 Å². The van der Waals surface area contributed by atoms with Crippen LogP contribution < -0.4 is 10.6 Å². The van der Waals surface area contributed by atoms with Gasteiger partial charge in [0.2, 0.25) is 5.91 Å². The number of benzene rings is 1. The van der Waals surface area contributed by atoms with Gasteiger partial charge in [-0.25, -0.2) is 0 Å². The highest BCUT2D eigenvalue weighted by atomic mass is 35.5. The van der Waals surface area contributed by atoms with Gasteiger partial charge in [-0.3, -0.25) is 4.79 Å². The third kappa shape index (κ3) is 2.73. The van der Waals surface area contributed by atoms with Crippen LogP contribution in [0.15, 0.2) is 18.2 Å². The van der Waals surface area contributed by atoms with Crippen LogP contribution in [-0.2, 0) is 10.2 Å². The average Bonchev–Trinajstić information content (AvgIpc) is 2.60. The first-order valence-corrected chi connectivity index (χ1v) is 6.56. The Balaban J connectivity index is 0.00000180. The van der Waals surface area contributed by atoms with Gasteiger partial charge in [0, 0.05) is 40.7 Å². The smallest absolute Gasteiger partial charge is 0.231 e. The summed E-state index contributed by atoms with van der Waals surface area (Å²) in [6.45, 7) is 7.11. The fourth-order valence-electron chi connectivity index (χ4n) is 2.53. The molecule has 3 nitrogen and oxygen atoms in total. The Bertz CT molecular complexity index is 488. The molecular weight excluding hydrogens is 283 g/mol. The molecule has 0 fully saturated rings. The molecule has 1 heterocycles. The highest BCUT2D eigenvalue weighted by Crippen LogP contribution is 2.44. The zero-order valence-electron chi connectivity index (χ0n) is 11.4. The molecule has 0 bridgehead atoms. The lowest BCUT2D eigenvalue weighted by Gasteiger charge is -2.23. The molecule has 0 saturated heterocycles. The van der Waals surface area contributed by atoms with Crippen molar-refractivity contribution in [3.63, 3.8) is 0 Å². The number of amides is 1. The van der Waals surface area contributed by atoms with E-state index >= 15 is 0 Å². The Morgan fingerprint density at radius 1 is 1.53 bits per heavy atom. The minimum atomic E-state index is -0.161. The predicted octanol–water partition coefficient (Wildman–Crippen LogP) is 2.98. The van der Waals surface area contributed by atoms with Gasteiger partial charge in [0.25, 0.3) is 0 Å². The van der Waals surface area contributed by atoms with Gasteiger partial charge in [-0.1, -0.05) is 38.4 Å². The van der Waals surface area contributed by atoms with E-state index in [2.05, 4.69) is 13.8 Å². The van der Waals surface area contributed by atoms with Crippen LogP contribution in [0.5, 0.6) is 0 Å². The van der Waals surface area contributed by atoms with E-state index in [-0.39, 0.29) is 29.6 Å². The molecule has 19 heavy (non-hydrogen) atoms. The highest BCUT2D eigenvalue weighted by molar-refractivity contribution is 6.32. The minimum Gasteiger partial charge on any atom is -0.330 e. The van der Waals surface area contributed by atoms with Crippen LogP contribution >= 0.6 is 24.0 Å². The molecule has 1 aliphatic rings. The van der Waals surface area contributed by atoms with Crippen molar-refractivity contribution < 1.29 is 4.79 Å². The van der Waals surface area contributed by atoms with Gasteiger partial charge in [0.05, 0.1) is 0 Å². The quantitative estimate of drug-likeness (QED) is 0.913. The van der Waals surface area contributed by atoms with E-state index < -0.39 is 0 Å². The van der Waals surface area contributed by atoms with Crippen molar-refractivity contribution in [3.05, 3.63) is 28.8 Å². The first-order valence-electron chi connectivity index (χ1n) is 6.19. The Hall–Kier alpha value is -0.770. The molecule has 2 N–H and O–H groups in total. The van der Waals surface area contributed by atoms with Gasteiger partial charge >= 0.3 is 0 Å². The summed E-state index contributed by atoms with van der Waals surface area (Å²) in [5.74, 6) is -0.0858. The van der Waals surface area contributed by atoms with Gasteiger partial charge in [-0.2, -0.15) is 0 Å². The monoisotopic (exact) mass is 302 g/mol. The van der Waals surface area contributed by atoms with E-state index in [1.807, 2.05) is 30.0 Å². The summed E-state index contributed by atoms with van der Waals surface area (Å²) in [6, 6.07) is 5.72. The minimum absolute atomic E-state index is 0. The second-order valence-electron chi connectivity index (χ2n) is 5.58. The molecular formula is C14H20Cl2N2O. The van der Waals surface area contributed by atoms with Crippen molar-refractivity contribution in [2.45, 2.75) is 26.2 Å². The lowest BCUT2D eigenvalue weighted by Crippen LogP contribution is -2.39. The fraction of sp³-hybridized carbons (Fsp3) is 0.500. The predicted molar refractivity (Wildman–Crippen MR) is 82.3 cm³/mol. The van der Waals surface area contributed by atoms with E-state index in [0.717, 1.165) is 16.3 Å². The number of nitrogens with two attached hydrogens (primary N) is 1. The van der Waals surface area contributed by atoms with Gasteiger partial charge in [0.1, 0.15) is 0 Å². The Labute approximate surface area is 125 Å². The molecule has 1 atom stereocenters. The van der Waals surface area contributed by atoms with E-state index in [1.165, 1.54) is 0 Å². The average molecular weight is 303 g/mol. The van der Waals surface area contributed by atoms with Crippen LogP contribution in [0.4, 0.5) is 5.69 Å². The fourth-order valence-corrected chi connectivity index (χ4v) is 2.96. The number of hydrogen-bond donors (Lipinski definition) is 1. The number of halogens is 2. The third-order valence-electron chi connectivity index (χ3n) is 3.55. The maximum atomic E-state index is 12.3. The molecule has 1 aromatic rings. The van der Waals surface area contributed by atoms with Crippen molar-refractivity contribution >= 4 is 35.6 Å². The van der Waals surface area contributed by atoms with Crippen LogP contribution in [0, 0.1) is 5.92 Å². The van der Waals surface area contributed by atoms with Crippen LogP contribution in [0.3, 0.4) is 0 Å². The number of nitrogens with zero attached hydrogens (tertiary/aromatic N) is 1. The van der Waals surface area contributed by atoms with Gasteiger partial charge in [-0.05, 0) is 12.1 Å². The zero-order chi connectivity index (χ0) is 13.5. The first-order chi connectivity index (χ1) is 8.38. The van der Waals surface area contributed by atoms with Crippen molar-refractivity contribution in [2.24, 2.45) is 11.7 Å². The van der Waals surface area contributed by atoms with Gasteiger partial charge < -0.3 is 10.6 Å². The van der Waals surface area contributed by atoms with Gasteiger partial charge in [-0.15, -0.1) is 12.4 Å². The number of fused-ring (bicyclic) bond motifs is 1. The maximum absolute atomic E-state index is 12.3. The number of hydrogen-bond acceptors (Lipinski definition) is 2. The molecule has 0 aliphatic carbocycles. The summed E-state index contributed by atoms with van der Waals surface area (Å²) in [4.78, 5) is 14.2. The summed E-state index contributed by atoms with van der Waals surface area (Å²) < 4.78 is 0. The normalized spacial score (nSPS) is 17.6. The lowest BCUT2D eigenvalue weighted by atomic mass is 9.87. The van der Waals surface area contributed by atoms with Crippen LogP contribution in [0.2, 0.25) is 5.02 Å². The standard InChI is InChI=1S/C14H19ClN2O.ClH/c1-9(7-16)13(18)17-8-14(2,3)12-10(15)5-4-6-11(12)17;/h4-6,9H,7-8,16H2,1-3H3;1H. The Morgan fingerprint density at radius 3 is 2.74 bits per heavy atom. The highest BCUT2D eigenvalue weighted by Gasteiger charge is 2.40. The molecule has 1 unspecified atom stereocenters. The first kappa shape index (κ1) is 16.3. The summed E-state index contributed by atoms with van der Waals surface area (Å²) in [6.07, 6.45) is 0. The van der Waals surface area contributed by atoms with E-state index in [9.17, 15) is 4.79 Å². The summed E-state index contributed by atoms with van der Waals surface area (Å²) in [7, 11) is 0. The molecule has 0 saturated carbocycles. The number of carbonyl (C=O) groups excluding carboxylic acids is 1. The van der Waals surface area contributed by atoms with Crippen molar-refractivity contribution in [3.8, 4) is 0 Å². The SMILES string of the molecule is CC(CN)C(=O)N1CC(C)(C)c2c(Cl)cccc21.Cl. The second kappa shape index (κ2) is 5.70. The van der Waals surface area contributed by atoms with E-state index in [0.29, 0.717) is 13.1 Å². The molecule has 0 radical (unpaired) electrons. The second-order valence-corrected chi connectivity index (χ2v) is 5.99. The van der Waals surface area contributed by atoms with E-state index in [1.54, 1.807) is 0 Å². The van der Waals surface area contributed by atoms with Gasteiger partial charge in [0.15, 0.2) is 0 Å².